The minimum absolute atomic E-state index is 0.334. The van der Waals surface area contributed by atoms with E-state index in [4.69, 9.17) is 9.47 Å². The fraction of sp³-hybridized carbons (Fsp3) is 0.263. The van der Waals surface area contributed by atoms with Crippen LogP contribution in [0.2, 0.25) is 0 Å². The highest BCUT2D eigenvalue weighted by atomic mass is 16.5. The van der Waals surface area contributed by atoms with Crippen molar-refractivity contribution in [2.24, 2.45) is 0 Å². The zero-order valence-corrected chi connectivity index (χ0v) is 14.1. The van der Waals surface area contributed by atoms with Crippen molar-refractivity contribution in [1.82, 2.24) is 0 Å². The molecule has 0 aliphatic carbocycles. The molecule has 5 heteroatoms. The van der Waals surface area contributed by atoms with E-state index in [-0.39, 0.29) is 12.5 Å². The quantitative estimate of drug-likeness (QED) is 0.825. The molecule has 0 radical (unpaired) electrons. The van der Waals surface area contributed by atoms with Gasteiger partial charge >= 0.3 is 5.97 Å². The van der Waals surface area contributed by atoms with Crippen molar-refractivity contribution in [2.75, 3.05) is 18.5 Å². The summed E-state index contributed by atoms with van der Waals surface area (Å²) in [6, 6.07) is 12.3. The minimum atomic E-state index is -0.547. The summed E-state index contributed by atoms with van der Waals surface area (Å²) >= 11 is 0. The van der Waals surface area contributed by atoms with Crippen molar-refractivity contribution in [3.05, 3.63) is 59.2 Å². The number of hydrogen-bond acceptors (Lipinski definition) is 4. The van der Waals surface area contributed by atoms with Gasteiger partial charge < -0.3 is 14.8 Å². The van der Waals surface area contributed by atoms with Crippen molar-refractivity contribution in [3.8, 4) is 5.75 Å². The average molecular weight is 327 g/mol. The number of aryl methyl sites for hydroxylation is 2. The van der Waals surface area contributed by atoms with Gasteiger partial charge in [0.1, 0.15) is 5.75 Å². The Kier molecular flexibility index (Phi) is 5.95. The lowest BCUT2D eigenvalue weighted by atomic mass is 10.1. The number of ether oxygens (including phenoxy) is 2. The van der Waals surface area contributed by atoms with E-state index in [2.05, 4.69) is 5.32 Å². The standard InChI is InChI=1S/C19H21NO4/c1-4-23-16-10-8-15(9-11-16)19(22)24-12-17(21)20-18-13(2)6-5-7-14(18)3/h5-11H,4,12H2,1-3H3,(H,20,21). The molecular formula is C19H21NO4. The molecule has 126 valence electrons. The number of rotatable bonds is 6. The Morgan fingerprint density at radius 3 is 2.21 bits per heavy atom. The number of esters is 1. The second-order valence-electron chi connectivity index (χ2n) is 5.35. The van der Waals surface area contributed by atoms with Crippen LogP contribution in [0, 0.1) is 13.8 Å². The number of nitrogens with one attached hydrogen (secondary N) is 1. The van der Waals surface area contributed by atoms with Crippen molar-refractivity contribution in [3.63, 3.8) is 0 Å². The van der Waals surface area contributed by atoms with Crippen LogP contribution in [-0.2, 0) is 9.53 Å². The van der Waals surface area contributed by atoms with Crippen LogP contribution in [0.5, 0.6) is 5.75 Å². The Morgan fingerprint density at radius 2 is 1.62 bits per heavy atom. The molecule has 0 aliphatic heterocycles. The summed E-state index contributed by atoms with van der Waals surface area (Å²) in [7, 11) is 0. The van der Waals surface area contributed by atoms with Crippen LogP contribution in [0.4, 0.5) is 5.69 Å². The summed E-state index contributed by atoms with van der Waals surface area (Å²) in [5.41, 5.74) is 3.04. The summed E-state index contributed by atoms with van der Waals surface area (Å²) in [4.78, 5) is 23.9. The average Bonchev–Trinajstić information content (AvgIpc) is 2.57. The lowest BCUT2D eigenvalue weighted by Gasteiger charge is -2.11. The third-order valence-corrected chi connectivity index (χ3v) is 3.48. The fourth-order valence-corrected chi connectivity index (χ4v) is 2.26. The maximum Gasteiger partial charge on any atom is 0.338 e. The Labute approximate surface area is 141 Å². The van der Waals surface area contributed by atoms with E-state index >= 15 is 0 Å². The predicted octanol–water partition coefficient (Wildman–Crippen LogP) is 3.50. The van der Waals surface area contributed by atoms with E-state index in [9.17, 15) is 9.59 Å². The Balaban J connectivity index is 1.90. The number of benzene rings is 2. The van der Waals surface area contributed by atoms with E-state index in [0.717, 1.165) is 16.8 Å². The van der Waals surface area contributed by atoms with Crippen LogP contribution in [0.15, 0.2) is 42.5 Å². The molecule has 1 N–H and O–H groups in total. The first-order valence-electron chi connectivity index (χ1n) is 7.77. The van der Waals surface area contributed by atoms with Gasteiger partial charge in [0.15, 0.2) is 6.61 Å². The lowest BCUT2D eigenvalue weighted by molar-refractivity contribution is -0.119. The van der Waals surface area contributed by atoms with Gasteiger partial charge in [-0.25, -0.2) is 4.79 Å². The summed E-state index contributed by atoms with van der Waals surface area (Å²) in [5.74, 6) is -0.233. The van der Waals surface area contributed by atoms with Gasteiger partial charge in [-0.2, -0.15) is 0 Å². The molecule has 2 aromatic carbocycles. The van der Waals surface area contributed by atoms with Crippen molar-refractivity contribution >= 4 is 17.6 Å². The highest BCUT2D eigenvalue weighted by Gasteiger charge is 2.12. The number of amides is 1. The van der Waals surface area contributed by atoms with Crippen molar-refractivity contribution in [1.29, 1.82) is 0 Å². The van der Waals surface area contributed by atoms with Crippen LogP contribution in [0.1, 0.15) is 28.4 Å². The zero-order chi connectivity index (χ0) is 17.5. The van der Waals surface area contributed by atoms with Gasteiger partial charge in [0.2, 0.25) is 0 Å². The molecule has 1 amide bonds. The highest BCUT2D eigenvalue weighted by Crippen LogP contribution is 2.19. The van der Waals surface area contributed by atoms with Crippen LogP contribution < -0.4 is 10.1 Å². The molecule has 0 spiro atoms. The number of hydrogen-bond donors (Lipinski definition) is 1. The topological polar surface area (TPSA) is 64.6 Å². The van der Waals surface area contributed by atoms with Gasteiger partial charge in [0, 0.05) is 5.69 Å². The van der Waals surface area contributed by atoms with Crippen LogP contribution in [0.25, 0.3) is 0 Å². The molecular weight excluding hydrogens is 306 g/mol. The third kappa shape index (κ3) is 4.59. The Hall–Kier alpha value is -2.82. The predicted molar refractivity (Wildman–Crippen MR) is 92.4 cm³/mol. The van der Waals surface area contributed by atoms with Gasteiger partial charge in [-0.05, 0) is 56.2 Å². The second-order valence-corrected chi connectivity index (χ2v) is 5.35. The van der Waals surface area contributed by atoms with Gasteiger partial charge in [0.25, 0.3) is 5.91 Å². The van der Waals surface area contributed by atoms with Crippen LogP contribution in [0.3, 0.4) is 0 Å². The molecule has 5 nitrogen and oxygen atoms in total. The smallest absolute Gasteiger partial charge is 0.338 e. The molecule has 0 fully saturated rings. The molecule has 0 heterocycles. The SMILES string of the molecule is CCOc1ccc(C(=O)OCC(=O)Nc2c(C)cccc2C)cc1. The molecule has 0 saturated carbocycles. The fourth-order valence-electron chi connectivity index (χ4n) is 2.26. The molecule has 0 unspecified atom stereocenters. The summed E-state index contributed by atoms with van der Waals surface area (Å²) < 4.78 is 10.4. The largest absolute Gasteiger partial charge is 0.494 e. The van der Waals surface area contributed by atoms with E-state index in [1.165, 1.54) is 0 Å². The van der Waals surface area contributed by atoms with Gasteiger partial charge in [0.05, 0.1) is 12.2 Å². The van der Waals surface area contributed by atoms with E-state index in [1.807, 2.05) is 39.0 Å². The van der Waals surface area contributed by atoms with Gasteiger partial charge in [-0.3, -0.25) is 4.79 Å². The third-order valence-electron chi connectivity index (χ3n) is 3.48. The molecule has 0 bridgehead atoms. The lowest BCUT2D eigenvalue weighted by Crippen LogP contribution is -2.21. The zero-order valence-electron chi connectivity index (χ0n) is 14.1. The number of anilines is 1. The summed E-state index contributed by atoms with van der Waals surface area (Å²) in [6.07, 6.45) is 0. The molecule has 2 rings (SSSR count). The molecule has 0 saturated heterocycles. The maximum atomic E-state index is 12.0. The Bertz CT molecular complexity index is 702. The summed E-state index contributed by atoms with van der Waals surface area (Å²) in [6.45, 7) is 5.93. The van der Waals surface area contributed by atoms with Crippen LogP contribution in [-0.4, -0.2) is 25.1 Å². The van der Waals surface area contributed by atoms with E-state index < -0.39 is 5.97 Å². The van der Waals surface area contributed by atoms with E-state index in [1.54, 1.807) is 24.3 Å². The van der Waals surface area contributed by atoms with Gasteiger partial charge in [-0.1, -0.05) is 18.2 Å². The van der Waals surface area contributed by atoms with E-state index in [0.29, 0.717) is 17.9 Å². The normalized spacial score (nSPS) is 10.1. The minimum Gasteiger partial charge on any atom is -0.494 e. The second kappa shape index (κ2) is 8.15. The van der Waals surface area contributed by atoms with Crippen molar-refractivity contribution in [2.45, 2.75) is 20.8 Å². The summed E-state index contributed by atoms with van der Waals surface area (Å²) in [5, 5.41) is 2.78. The molecule has 0 aromatic heterocycles. The van der Waals surface area contributed by atoms with Crippen LogP contribution >= 0.6 is 0 Å². The highest BCUT2D eigenvalue weighted by molar-refractivity contribution is 5.96. The number of carbonyl (C=O) groups is 2. The first-order valence-corrected chi connectivity index (χ1v) is 7.77. The molecule has 0 aliphatic rings. The number of para-hydroxylation sites is 1. The Morgan fingerprint density at radius 1 is 1.00 bits per heavy atom. The first kappa shape index (κ1) is 17.5. The number of carbonyl (C=O) groups excluding carboxylic acids is 2. The molecule has 24 heavy (non-hydrogen) atoms. The van der Waals surface area contributed by atoms with Gasteiger partial charge in [-0.15, -0.1) is 0 Å². The molecule has 2 aromatic rings. The molecule has 0 atom stereocenters. The van der Waals surface area contributed by atoms with Crippen molar-refractivity contribution < 1.29 is 19.1 Å². The maximum absolute atomic E-state index is 12.0. The first-order chi connectivity index (χ1) is 11.5. The monoisotopic (exact) mass is 327 g/mol.